The Kier molecular flexibility index (Phi) is 4.18. The maximum atomic E-state index is 4.38. The van der Waals surface area contributed by atoms with Crippen LogP contribution in [-0.2, 0) is 19.4 Å². The van der Waals surface area contributed by atoms with Gasteiger partial charge in [0.25, 0.3) is 0 Å². The minimum atomic E-state index is 0.579. The Labute approximate surface area is 151 Å². The van der Waals surface area contributed by atoms with Gasteiger partial charge in [0.1, 0.15) is 16.6 Å². The van der Waals surface area contributed by atoms with Gasteiger partial charge in [-0.2, -0.15) is 5.10 Å². The molecule has 0 saturated carbocycles. The standard InChI is InChI=1S/C19H21N5S/c1-13(2)11-23-12-15(10-20-23)7-8-17-9-16-5-4-6-18-22-21-14(3)24(18)19(16)25-17/h9-10,12-13H,4-6,11H2,1-3H3. The normalized spacial score (nSPS) is 13.1. The van der Waals surface area contributed by atoms with Crippen LogP contribution in [0.1, 0.15) is 47.9 Å². The highest BCUT2D eigenvalue weighted by atomic mass is 32.1. The Morgan fingerprint density at radius 3 is 2.96 bits per heavy atom. The van der Waals surface area contributed by atoms with Crippen LogP contribution in [0.15, 0.2) is 18.5 Å². The molecule has 0 unspecified atom stereocenters. The summed E-state index contributed by atoms with van der Waals surface area (Å²) in [5.74, 6) is 9.15. The van der Waals surface area contributed by atoms with E-state index in [4.69, 9.17) is 0 Å². The average Bonchev–Trinajstić information content (AvgIpc) is 3.23. The van der Waals surface area contributed by atoms with Crippen molar-refractivity contribution in [2.75, 3.05) is 0 Å². The molecule has 5 nitrogen and oxygen atoms in total. The monoisotopic (exact) mass is 351 g/mol. The summed E-state index contributed by atoms with van der Waals surface area (Å²) in [4.78, 5) is 1.09. The largest absolute Gasteiger partial charge is 0.274 e. The predicted molar refractivity (Wildman–Crippen MR) is 99.0 cm³/mol. The summed E-state index contributed by atoms with van der Waals surface area (Å²) in [5.41, 5.74) is 2.32. The topological polar surface area (TPSA) is 48.5 Å². The highest BCUT2D eigenvalue weighted by Crippen LogP contribution is 2.31. The van der Waals surface area contributed by atoms with Crippen molar-refractivity contribution < 1.29 is 0 Å². The van der Waals surface area contributed by atoms with E-state index in [1.54, 1.807) is 11.3 Å². The van der Waals surface area contributed by atoms with Gasteiger partial charge >= 0.3 is 0 Å². The molecule has 0 bridgehead atoms. The molecule has 1 aliphatic rings. The van der Waals surface area contributed by atoms with Crippen LogP contribution in [0.2, 0.25) is 0 Å². The molecule has 0 saturated heterocycles. The van der Waals surface area contributed by atoms with E-state index in [-0.39, 0.29) is 0 Å². The maximum Gasteiger partial charge on any atom is 0.138 e. The zero-order valence-electron chi connectivity index (χ0n) is 14.8. The third-order valence-electron chi connectivity index (χ3n) is 4.24. The van der Waals surface area contributed by atoms with Gasteiger partial charge in [0.05, 0.1) is 16.6 Å². The molecule has 0 aromatic carbocycles. The molecular formula is C19H21N5S. The lowest BCUT2D eigenvalue weighted by Gasteiger charge is -2.03. The molecule has 0 amide bonds. The fraction of sp³-hybridized carbons (Fsp3) is 0.421. The number of rotatable bonds is 2. The number of aryl methyl sites for hydroxylation is 3. The zero-order valence-corrected chi connectivity index (χ0v) is 15.6. The molecule has 6 heteroatoms. The molecule has 3 aromatic heterocycles. The molecule has 4 rings (SSSR count). The van der Waals surface area contributed by atoms with Gasteiger partial charge in [0.2, 0.25) is 0 Å². The number of aromatic nitrogens is 5. The van der Waals surface area contributed by atoms with E-state index in [2.05, 4.69) is 51.6 Å². The predicted octanol–water partition coefficient (Wildman–Crippen LogP) is 3.38. The molecule has 0 N–H and O–H groups in total. The molecule has 4 heterocycles. The second-order valence-electron chi connectivity index (χ2n) is 6.89. The summed E-state index contributed by atoms with van der Waals surface area (Å²) >= 11 is 1.73. The van der Waals surface area contributed by atoms with Crippen LogP contribution < -0.4 is 0 Å². The molecule has 25 heavy (non-hydrogen) atoms. The quantitative estimate of drug-likeness (QED) is 0.665. The lowest BCUT2D eigenvalue weighted by Crippen LogP contribution is -2.03. The van der Waals surface area contributed by atoms with Crippen molar-refractivity contribution in [3.8, 4) is 16.8 Å². The van der Waals surface area contributed by atoms with Crippen LogP contribution in [0.25, 0.3) is 5.00 Å². The number of hydrogen-bond donors (Lipinski definition) is 0. The maximum absolute atomic E-state index is 4.38. The van der Waals surface area contributed by atoms with Gasteiger partial charge in [-0.15, -0.1) is 21.5 Å². The van der Waals surface area contributed by atoms with Crippen molar-refractivity contribution >= 4 is 11.3 Å². The van der Waals surface area contributed by atoms with E-state index in [9.17, 15) is 0 Å². The molecule has 0 radical (unpaired) electrons. The average molecular weight is 351 g/mol. The van der Waals surface area contributed by atoms with E-state index in [1.165, 1.54) is 10.6 Å². The number of hydrogen-bond acceptors (Lipinski definition) is 4. The van der Waals surface area contributed by atoms with Crippen molar-refractivity contribution in [2.45, 2.75) is 46.6 Å². The van der Waals surface area contributed by atoms with Crippen molar-refractivity contribution in [3.63, 3.8) is 0 Å². The van der Waals surface area contributed by atoms with Crippen molar-refractivity contribution in [2.24, 2.45) is 5.92 Å². The van der Waals surface area contributed by atoms with Gasteiger partial charge in [0, 0.05) is 19.2 Å². The van der Waals surface area contributed by atoms with Gasteiger partial charge in [-0.05, 0) is 37.3 Å². The van der Waals surface area contributed by atoms with Crippen LogP contribution in [0.3, 0.4) is 0 Å². The van der Waals surface area contributed by atoms with Crippen LogP contribution in [0.5, 0.6) is 0 Å². The van der Waals surface area contributed by atoms with Gasteiger partial charge in [-0.25, -0.2) is 0 Å². The molecule has 3 aromatic rings. The van der Waals surface area contributed by atoms with E-state index in [1.807, 2.05) is 24.0 Å². The smallest absolute Gasteiger partial charge is 0.138 e. The number of fused-ring (bicyclic) bond motifs is 3. The van der Waals surface area contributed by atoms with Crippen LogP contribution >= 0.6 is 11.3 Å². The summed E-state index contributed by atoms with van der Waals surface area (Å²) in [6.07, 6.45) is 7.03. The molecule has 0 aliphatic carbocycles. The van der Waals surface area contributed by atoms with Gasteiger partial charge in [0.15, 0.2) is 0 Å². The molecule has 0 fully saturated rings. The Bertz CT molecular complexity index is 964. The Morgan fingerprint density at radius 1 is 1.24 bits per heavy atom. The van der Waals surface area contributed by atoms with Gasteiger partial charge in [-0.3, -0.25) is 9.25 Å². The summed E-state index contributed by atoms with van der Waals surface area (Å²) in [5, 5.41) is 14.2. The second-order valence-corrected chi connectivity index (χ2v) is 7.92. The highest BCUT2D eigenvalue weighted by Gasteiger charge is 2.20. The van der Waals surface area contributed by atoms with Crippen molar-refractivity contribution in [1.29, 1.82) is 0 Å². The fourth-order valence-electron chi connectivity index (χ4n) is 3.15. The Balaban J connectivity index is 1.63. The summed E-state index contributed by atoms with van der Waals surface area (Å²) in [7, 11) is 0. The summed E-state index contributed by atoms with van der Waals surface area (Å²) in [6.45, 7) is 7.31. The minimum Gasteiger partial charge on any atom is -0.274 e. The first-order valence-electron chi connectivity index (χ1n) is 8.68. The van der Waals surface area contributed by atoms with Crippen LogP contribution in [0, 0.1) is 24.7 Å². The minimum absolute atomic E-state index is 0.579. The summed E-state index contributed by atoms with van der Waals surface area (Å²) < 4.78 is 4.16. The van der Waals surface area contributed by atoms with Crippen molar-refractivity contribution in [3.05, 3.63) is 46.1 Å². The van der Waals surface area contributed by atoms with Crippen molar-refractivity contribution in [1.82, 2.24) is 24.5 Å². The lowest BCUT2D eigenvalue weighted by atomic mass is 10.1. The first kappa shape index (κ1) is 16.1. The first-order valence-corrected chi connectivity index (χ1v) is 9.50. The summed E-state index contributed by atoms with van der Waals surface area (Å²) in [6, 6.07) is 2.22. The van der Waals surface area contributed by atoms with Crippen LogP contribution in [-0.4, -0.2) is 24.5 Å². The van der Waals surface area contributed by atoms with Crippen LogP contribution in [0.4, 0.5) is 0 Å². The van der Waals surface area contributed by atoms with E-state index < -0.39 is 0 Å². The molecule has 0 spiro atoms. The van der Waals surface area contributed by atoms with Gasteiger partial charge < -0.3 is 0 Å². The molecule has 1 aliphatic heterocycles. The lowest BCUT2D eigenvalue weighted by molar-refractivity contribution is 0.483. The van der Waals surface area contributed by atoms with E-state index in [0.717, 1.165) is 47.9 Å². The fourth-order valence-corrected chi connectivity index (χ4v) is 4.29. The van der Waals surface area contributed by atoms with Gasteiger partial charge in [-0.1, -0.05) is 25.7 Å². The Hall–Kier alpha value is -2.39. The number of nitrogens with zero attached hydrogens (tertiary/aromatic N) is 5. The third-order valence-corrected chi connectivity index (χ3v) is 5.32. The second kappa shape index (κ2) is 6.49. The van der Waals surface area contributed by atoms with E-state index >= 15 is 0 Å². The Morgan fingerprint density at radius 2 is 2.12 bits per heavy atom. The third kappa shape index (κ3) is 3.24. The highest BCUT2D eigenvalue weighted by molar-refractivity contribution is 7.15. The SMILES string of the molecule is Cc1nnc2n1-c1sc(C#Cc3cnn(CC(C)C)c3)cc1CCC2. The molecular weight excluding hydrogens is 330 g/mol. The molecule has 0 atom stereocenters. The van der Waals surface area contributed by atoms with E-state index in [0.29, 0.717) is 5.92 Å². The number of thiophene rings is 1. The first-order chi connectivity index (χ1) is 12.1. The molecule has 128 valence electrons. The zero-order chi connectivity index (χ0) is 17.4.